The van der Waals surface area contributed by atoms with Crippen LogP contribution in [-0.2, 0) is 6.54 Å². The highest BCUT2D eigenvalue weighted by Gasteiger charge is 2.26. The summed E-state index contributed by atoms with van der Waals surface area (Å²) in [7, 11) is 0. The number of aliphatic hydroxyl groups is 1. The van der Waals surface area contributed by atoms with Gasteiger partial charge in [0.1, 0.15) is 5.82 Å². The van der Waals surface area contributed by atoms with Crippen LogP contribution in [-0.4, -0.2) is 38.6 Å². The summed E-state index contributed by atoms with van der Waals surface area (Å²) in [5.41, 5.74) is 0. The summed E-state index contributed by atoms with van der Waals surface area (Å²) >= 11 is 0. The van der Waals surface area contributed by atoms with Crippen LogP contribution in [0.5, 0.6) is 0 Å². The molecule has 0 radical (unpaired) electrons. The van der Waals surface area contributed by atoms with Crippen molar-refractivity contribution in [1.29, 1.82) is 0 Å². The Labute approximate surface area is 131 Å². The molecule has 1 aromatic rings. The monoisotopic (exact) mass is 309 g/mol. The molecule has 0 saturated carbocycles. The van der Waals surface area contributed by atoms with E-state index in [4.69, 9.17) is 5.11 Å². The molecule has 2 amide bonds. The van der Waals surface area contributed by atoms with E-state index in [1.807, 2.05) is 11.6 Å². The number of hydrogen-bond donors (Lipinski definition) is 3. The summed E-state index contributed by atoms with van der Waals surface area (Å²) in [6.07, 6.45) is 3.33. The molecule has 0 aliphatic carbocycles. The first-order valence-corrected chi connectivity index (χ1v) is 8.13. The molecule has 2 unspecified atom stereocenters. The Hall–Kier alpha value is -1.63. The van der Waals surface area contributed by atoms with Crippen molar-refractivity contribution in [3.05, 3.63) is 11.6 Å². The number of rotatable bonds is 6. The minimum atomic E-state index is -0.182. The van der Waals surface area contributed by atoms with Crippen molar-refractivity contribution in [1.82, 2.24) is 25.4 Å². The second-order valence-corrected chi connectivity index (χ2v) is 6.29. The van der Waals surface area contributed by atoms with Crippen LogP contribution >= 0.6 is 0 Å². The third kappa shape index (κ3) is 4.19. The summed E-state index contributed by atoms with van der Waals surface area (Å²) in [6, 6.07) is -0.225. The largest absolute Gasteiger partial charge is 0.396 e. The van der Waals surface area contributed by atoms with Gasteiger partial charge in [0.05, 0.1) is 6.04 Å². The molecule has 0 fully saturated rings. The Kier molecular flexibility index (Phi) is 5.76. The van der Waals surface area contributed by atoms with Crippen LogP contribution in [0.25, 0.3) is 0 Å². The van der Waals surface area contributed by atoms with E-state index in [1.54, 1.807) is 0 Å². The molecule has 0 spiro atoms. The van der Waals surface area contributed by atoms with Gasteiger partial charge in [0.2, 0.25) is 0 Å². The highest BCUT2D eigenvalue weighted by molar-refractivity contribution is 5.74. The lowest BCUT2D eigenvalue weighted by Crippen LogP contribution is -2.43. The van der Waals surface area contributed by atoms with Crippen LogP contribution in [0.4, 0.5) is 4.79 Å². The summed E-state index contributed by atoms with van der Waals surface area (Å²) in [5.74, 6) is 1.97. The van der Waals surface area contributed by atoms with Gasteiger partial charge < -0.3 is 15.7 Å². The maximum Gasteiger partial charge on any atom is 0.315 e. The zero-order chi connectivity index (χ0) is 16.1. The Morgan fingerprint density at radius 1 is 1.45 bits per heavy atom. The van der Waals surface area contributed by atoms with Crippen molar-refractivity contribution in [2.24, 2.45) is 0 Å². The fourth-order valence-electron chi connectivity index (χ4n) is 2.64. The van der Waals surface area contributed by atoms with Crippen LogP contribution in [0, 0.1) is 0 Å². The minimum Gasteiger partial charge on any atom is -0.396 e. The van der Waals surface area contributed by atoms with Crippen LogP contribution in [0.15, 0.2) is 0 Å². The molecule has 7 heteroatoms. The lowest BCUT2D eigenvalue weighted by atomic mass is 10.1. The standard InChI is InChI=1S/C15H27N5O2/c1-10(2)13-18-14-12(7-4-8-20(14)19-13)17-15(22)16-11(3)6-5-9-21/h10-12,21H,4-9H2,1-3H3,(H2,16,17,22). The summed E-state index contributed by atoms with van der Waals surface area (Å²) < 4.78 is 1.92. The summed E-state index contributed by atoms with van der Waals surface area (Å²) in [4.78, 5) is 16.7. The fourth-order valence-corrected chi connectivity index (χ4v) is 2.64. The Morgan fingerprint density at radius 2 is 2.23 bits per heavy atom. The van der Waals surface area contributed by atoms with E-state index in [0.29, 0.717) is 6.42 Å². The first-order chi connectivity index (χ1) is 10.5. The van der Waals surface area contributed by atoms with Gasteiger partial charge in [0, 0.05) is 25.1 Å². The zero-order valence-corrected chi connectivity index (χ0v) is 13.7. The van der Waals surface area contributed by atoms with Gasteiger partial charge in [0.25, 0.3) is 0 Å². The molecule has 0 bridgehead atoms. The van der Waals surface area contributed by atoms with Crippen molar-refractivity contribution in [2.75, 3.05) is 6.61 Å². The van der Waals surface area contributed by atoms with E-state index in [0.717, 1.165) is 37.5 Å². The number of hydrogen-bond acceptors (Lipinski definition) is 4. The van der Waals surface area contributed by atoms with E-state index in [-0.39, 0.29) is 30.6 Å². The number of carbonyl (C=O) groups is 1. The second kappa shape index (κ2) is 7.58. The smallest absolute Gasteiger partial charge is 0.315 e. The van der Waals surface area contributed by atoms with E-state index >= 15 is 0 Å². The van der Waals surface area contributed by atoms with Crippen LogP contribution < -0.4 is 10.6 Å². The van der Waals surface area contributed by atoms with E-state index < -0.39 is 0 Å². The number of nitrogens with zero attached hydrogens (tertiary/aromatic N) is 3. The van der Waals surface area contributed by atoms with Gasteiger partial charge in [-0.3, -0.25) is 0 Å². The topological polar surface area (TPSA) is 92.1 Å². The fraction of sp³-hybridized carbons (Fsp3) is 0.800. The van der Waals surface area contributed by atoms with Gasteiger partial charge >= 0.3 is 6.03 Å². The molecule has 22 heavy (non-hydrogen) atoms. The van der Waals surface area contributed by atoms with Gasteiger partial charge in [-0.2, -0.15) is 5.10 Å². The molecule has 1 aliphatic rings. The van der Waals surface area contributed by atoms with Crippen LogP contribution in [0.3, 0.4) is 0 Å². The number of amides is 2. The van der Waals surface area contributed by atoms with Crippen molar-refractivity contribution >= 4 is 6.03 Å². The van der Waals surface area contributed by atoms with Crippen molar-refractivity contribution in [3.8, 4) is 0 Å². The normalized spacial score (nSPS) is 18.9. The van der Waals surface area contributed by atoms with Crippen LogP contribution in [0.2, 0.25) is 0 Å². The quantitative estimate of drug-likeness (QED) is 0.745. The number of carbonyl (C=O) groups excluding carboxylic acids is 1. The highest BCUT2D eigenvalue weighted by atomic mass is 16.3. The first kappa shape index (κ1) is 16.7. The van der Waals surface area contributed by atoms with Gasteiger partial charge in [-0.1, -0.05) is 13.8 Å². The van der Waals surface area contributed by atoms with Gasteiger partial charge in [-0.15, -0.1) is 0 Å². The molecule has 0 saturated heterocycles. The molecule has 124 valence electrons. The zero-order valence-electron chi connectivity index (χ0n) is 13.7. The molecular formula is C15H27N5O2. The molecule has 2 rings (SSSR count). The predicted molar refractivity (Wildman–Crippen MR) is 83.5 cm³/mol. The molecule has 1 aliphatic heterocycles. The van der Waals surface area contributed by atoms with Crippen molar-refractivity contribution in [2.45, 2.75) is 71.0 Å². The number of aromatic nitrogens is 3. The summed E-state index contributed by atoms with van der Waals surface area (Å²) in [5, 5.41) is 19.2. The SMILES string of the molecule is CC(CCCO)NC(=O)NC1CCCn2nc(C(C)C)nc21. The Balaban J connectivity index is 1.95. The molecule has 7 nitrogen and oxygen atoms in total. The van der Waals surface area contributed by atoms with Crippen molar-refractivity contribution in [3.63, 3.8) is 0 Å². The number of aliphatic hydroxyl groups excluding tert-OH is 1. The Morgan fingerprint density at radius 3 is 2.91 bits per heavy atom. The van der Waals surface area contributed by atoms with E-state index in [9.17, 15) is 4.79 Å². The molecule has 0 aromatic carbocycles. The van der Waals surface area contributed by atoms with Gasteiger partial charge in [0.15, 0.2) is 5.82 Å². The number of fused-ring (bicyclic) bond motifs is 1. The lowest BCUT2D eigenvalue weighted by molar-refractivity contribution is 0.226. The second-order valence-electron chi connectivity index (χ2n) is 6.29. The average molecular weight is 309 g/mol. The lowest BCUT2D eigenvalue weighted by Gasteiger charge is -2.24. The number of nitrogens with one attached hydrogen (secondary N) is 2. The maximum atomic E-state index is 12.1. The highest BCUT2D eigenvalue weighted by Crippen LogP contribution is 2.24. The van der Waals surface area contributed by atoms with Gasteiger partial charge in [-0.05, 0) is 32.6 Å². The third-order valence-electron chi connectivity index (χ3n) is 3.89. The van der Waals surface area contributed by atoms with Gasteiger partial charge in [-0.25, -0.2) is 14.5 Å². The van der Waals surface area contributed by atoms with E-state index in [1.165, 1.54) is 0 Å². The van der Waals surface area contributed by atoms with Crippen molar-refractivity contribution < 1.29 is 9.90 Å². The predicted octanol–water partition coefficient (Wildman–Crippen LogP) is 1.70. The average Bonchev–Trinajstić information content (AvgIpc) is 2.90. The molecule has 2 heterocycles. The minimum absolute atomic E-state index is 0.0415. The van der Waals surface area contributed by atoms with Crippen LogP contribution in [0.1, 0.15) is 70.1 Å². The molecule has 1 aromatic heterocycles. The van der Waals surface area contributed by atoms with E-state index in [2.05, 4.69) is 34.6 Å². The third-order valence-corrected chi connectivity index (χ3v) is 3.89. The maximum absolute atomic E-state index is 12.1. The molecule has 3 N–H and O–H groups in total. The first-order valence-electron chi connectivity index (χ1n) is 8.13. The molecular weight excluding hydrogens is 282 g/mol. The molecule has 2 atom stereocenters. The summed E-state index contributed by atoms with van der Waals surface area (Å²) in [6.45, 7) is 7.09. The Bertz CT molecular complexity index is 500. The number of urea groups is 1. The number of aryl methyl sites for hydroxylation is 1.